The minimum absolute atomic E-state index is 0.554. The van der Waals surface area contributed by atoms with Gasteiger partial charge >= 0.3 is 0 Å². The van der Waals surface area contributed by atoms with E-state index in [1.165, 1.54) is 16.6 Å². The summed E-state index contributed by atoms with van der Waals surface area (Å²) < 4.78 is 0. The summed E-state index contributed by atoms with van der Waals surface area (Å²) in [4.78, 5) is 10.3. The van der Waals surface area contributed by atoms with Crippen molar-refractivity contribution in [2.75, 3.05) is 11.4 Å². The highest BCUT2D eigenvalue weighted by Crippen LogP contribution is 2.33. The molecule has 0 saturated carbocycles. The molecule has 1 aliphatic rings. The van der Waals surface area contributed by atoms with Gasteiger partial charge in [0.1, 0.15) is 5.82 Å². The monoisotopic (exact) mass is 327 g/mol. The number of hydrogen-bond donors (Lipinski definition) is 2. The number of halogens is 1. The highest BCUT2D eigenvalue weighted by atomic mass is 35.5. The van der Waals surface area contributed by atoms with E-state index in [0.717, 1.165) is 35.9 Å². The first-order chi connectivity index (χ1) is 11.1. The average molecular weight is 328 g/mol. The van der Waals surface area contributed by atoms with Crippen molar-refractivity contribution >= 4 is 28.3 Å². The van der Waals surface area contributed by atoms with Gasteiger partial charge in [-0.05, 0) is 25.1 Å². The van der Waals surface area contributed by atoms with E-state index in [4.69, 9.17) is 11.6 Å². The van der Waals surface area contributed by atoms with E-state index < -0.39 is 6.10 Å². The molecule has 0 bridgehead atoms. The van der Waals surface area contributed by atoms with Crippen molar-refractivity contribution in [2.45, 2.75) is 26.0 Å². The number of nitrogens with one attached hydrogen (secondary N) is 1. The summed E-state index contributed by atoms with van der Waals surface area (Å²) >= 11 is 6.30. The van der Waals surface area contributed by atoms with Gasteiger partial charge in [0.25, 0.3) is 0 Å². The van der Waals surface area contributed by atoms with E-state index in [1.54, 1.807) is 6.92 Å². The molecule has 4 nitrogen and oxygen atoms in total. The summed E-state index contributed by atoms with van der Waals surface area (Å²) in [6.07, 6.45) is 0.378. The number of hydrogen-bond acceptors (Lipinski definition) is 3. The first-order valence-corrected chi connectivity index (χ1v) is 8.19. The Balaban J connectivity index is 1.72. The fourth-order valence-electron chi connectivity index (χ4n) is 3.25. The Morgan fingerprint density at radius 2 is 2.09 bits per heavy atom. The van der Waals surface area contributed by atoms with Crippen LogP contribution < -0.4 is 4.90 Å². The highest BCUT2D eigenvalue weighted by Gasteiger charge is 2.22. The standard InChI is InChI=1S/C18H18ClN3O/c1-11(23)15-6-3-7-17(20-15)22-9-8-16-13(10-22)12-4-2-5-14(19)18(12)21-16/h2-7,11,21,23H,8-10H2,1H3/t11-/m0/s1. The summed E-state index contributed by atoms with van der Waals surface area (Å²) in [6, 6.07) is 11.8. The minimum Gasteiger partial charge on any atom is -0.387 e. The van der Waals surface area contributed by atoms with E-state index in [0.29, 0.717) is 5.69 Å². The quantitative estimate of drug-likeness (QED) is 0.752. The fraction of sp³-hybridized carbons (Fsp3) is 0.278. The zero-order valence-corrected chi connectivity index (χ0v) is 13.6. The van der Waals surface area contributed by atoms with Gasteiger partial charge in [-0.3, -0.25) is 0 Å². The summed E-state index contributed by atoms with van der Waals surface area (Å²) in [5.74, 6) is 0.908. The molecule has 4 rings (SSSR count). The van der Waals surface area contributed by atoms with Crippen molar-refractivity contribution in [1.82, 2.24) is 9.97 Å². The summed E-state index contributed by atoms with van der Waals surface area (Å²) in [6.45, 7) is 3.43. The summed E-state index contributed by atoms with van der Waals surface area (Å²) in [5, 5.41) is 11.7. The zero-order valence-electron chi connectivity index (χ0n) is 12.9. The first-order valence-electron chi connectivity index (χ1n) is 7.81. The topological polar surface area (TPSA) is 52.1 Å². The number of anilines is 1. The van der Waals surface area contributed by atoms with E-state index in [1.807, 2.05) is 30.3 Å². The van der Waals surface area contributed by atoms with Crippen LogP contribution in [0, 0.1) is 0 Å². The van der Waals surface area contributed by atoms with Gasteiger partial charge in [-0.2, -0.15) is 0 Å². The van der Waals surface area contributed by atoms with E-state index in [-0.39, 0.29) is 0 Å². The van der Waals surface area contributed by atoms with Crippen molar-refractivity contribution < 1.29 is 5.11 Å². The molecule has 0 spiro atoms. The van der Waals surface area contributed by atoms with E-state index >= 15 is 0 Å². The second kappa shape index (κ2) is 5.55. The smallest absolute Gasteiger partial charge is 0.129 e. The number of para-hydroxylation sites is 1. The van der Waals surface area contributed by atoms with Gasteiger partial charge in [0.15, 0.2) is 0 Å². The highest BCUT2D eigenvalue weighted by molar-refractivity contribution is 6.35. The van der Waals surface area contributed by atoms with Crippen LogP contribution in [0.2, 0.25) is 5.02 Å². The van der Waals surface area contributed by atoms with Crippen molar-refractivity contribution in [3.63, 3.8) is 0 Å². The SMILES string of the molecule is C[C@H](O)c1cccc(N2CCc3[nH]c4c(Cl)cccc4c3C2)n1. The molecule has 5 heteroatoms. The Bertz CT molecular complexity index is 872. The third-order valence-corrected chi connectivity index (χ3v) is 4.78. The molecular formula is C18H18ClN3O. The van der Waals surface area contributed by atoms with E-state index in [2.05, 4.69) is 20.9 Å². The molecule has 0 saturated heterocycles. The molecule has 23 heavy (non-hydrogen) atoms. The largest absolute Gasteiger partial charge is 0.387 e. The minimum atomic E-state index is -0.554. The van der Waals surface area contributed by atoms with Crippen LogP contribution in [0.25, 0.3) is 10.9 Å². The Labute approximate surface area is 139 Å². The molecule has 0 amide bonds. The molecule has 0 fully saturated rings. The Morgan fingerprint density at radius 3 is 2.91 bits per heavy atom. The Kier molecular flexibility index (Phi) is 3.51. The van der Waals surface area contributed by atoms with Crippen LogP contribution in [-0.4, -0.2) is 21.6 Å². The molecule has 2 aromatic heterocycles. The van der Waals surface area contributed by atoms with Gasteiger partial charge in [0.2, 0.25) is 0 Å². The number of aromatic amines is 1. The normalized spacial score (nSPS) is 15.7. The van der Waals surface area contributed by atoms with Crippen LogP contribution in [0.4, 0.5) is 5.82 Å². The van der Waals surface area contributed by atoms with Gasteiger partial charge in [-0.15, -0.1) is 0 Å². The van der Waals surface area contributed by atoms with Gasteiger partial charge < -0.3 is 15.0 Å². The average Bonchev–Trinajstić information content (AvgIpc) is 2.94. The Morgan fingerprint density at radius 1 is 1.26 bits per heavy atom. The van der Waals surface area contributed by atoms with Crippen molar-refractivity contribution in [2.24, 2.45) is 0 Å². The van der Waals surface area contributed by atoms with Crippen molar-refractivity contribution in [3.8, 4) is 0 Å². The first kappa shape index (κ1) is 14.5. The van der Waals surface area contributed by atoms with Gasteiger partial charge in [0, 0.05) is 36.2 Å². The molecule has 1 aromatic carbocycles. The number of aromatic nitrogens is 2. The second-order valence-corrected chi connectivity index (χ2v) is 6.42. The van der Waals surface area contributed by atoms with Crippen LogP contribution in [0.5, 0.6) is 0 Å². The van der Waals surface area contributed by atoms with Crippen LogP contribution in [0.3, 0.4) is 0 Å². The predicted molar refractivity (Wildman–Crippen MR) is 92.9 cm³/mol. The number of rotatable bonds is 2. The summed E-state index contributed by atoms with van der Waals surface area (Å²) in [7, 11) is 0. The lowest BCUT2D eigenvalue weighted by Gasteiger charge is -2.28. The lowest BCUT2D eigenvalue weighted by Crippen LogP contribution is -2.31. The predicted octanol–water partition coefficient (Wildman–Crippen LogP) is 3.83. The molecule has 2 N–H and O–H groups in total. The van der Waals surface area contributed by atoms with Gasteiger partial charge in [-0.25, -0.2) is 4.98 Å². The van der Waals surface area contributed by atoms with Crippen molar-refractivity contribution in [3.05, 3.63) is 58.4 Å². The Hall–Kier alpha value is -2.04. The number of aliphatic hydroxyl groups is 1. The maximum Gasteiger partial charge on any atom is 0.129 e. The molecule has 0 unspecified atom stereocenters. The number of aliphatic hydroxyl groups excluding tert-OH is 1. The maximum absolute atomic E-state index is 9.74. The van der Waals surface area contributed by atoms with Crippen LogP contribution in [0.1, 0.15) is 30.0 Å². The van der Waals surface area contributed by atoms with Gasteiger partial charge in [-0.1, -0.05) is 29.8 Å². The number of fused-ring (bicyclic) bond motifs is 3. The third-order valence-electron chi connectivity index (χ3n) is 4.47. The lowest BCUT2D eigenvalue weighted by molar-refractivity contribution is 0.194. The molecule has 1 aliphatic heterocycles. The molecular weight excluding hydrogens is 310 g/mol. The lowest BCUT2D eigenvalue weighted by atomic mass is 10.0. The molecule has 1 atom stereocenters. The molecule has 118 valence electrons. The van der Waals surface area contributed by atoms with Crippen molar-refractivity contribution in [1.29, 1.82) is 0 Å². The molecule has 0 aliphatic carbocycles. The van der Waals surface area contributed by atoms with Gasteiger partial charge in [0.05, 0.1) is 22.3 Å². The van der Waals surface area contributed by atoms with E-state index in [9.17, 15) is 5.11 Å². The number of benzene rings is 1. The zero-order chi connectivity index (χ0) is 16.0. The van der Waals surface area contributed by atoms with Crippen LogP contribution in [-0.2, 0) is 13.0 Å². The maximum atomic E-state index is 9.74. The second-order valence-electron chi connectivity index (χ2n) is 6.01. The number of pyridine rings is 1. The third kappa shape index (κ3) is 2.48. The molecule has 3 aromatic rings. The molecule has 0 radical (unpaired) electrons. The molecule has 3 heterocycles. The number of H-pyrrole nitrogens is 1. The number of nitrogens with zero attached hydrogens (tertiary/aromatic N) is 2. The van der Waals surface area contributed by atoms with Crippen LogP contribution in [0.15, 0.2) is 36.4 Å². The fourth-order valence-corrected chi connectivity index (χ4v) is 3.47. The summed E-state index contributed by atoms with van der Waals surface area (Å²) in [5.41, 5.74) is 4.27. The van der Waals surface area contributed by atoms with Crippen LogP contribution >= 0.6 is 11.6 Å².